The van der Waals surface area contributed by atoms with Crippen molar-refractivity contribution in [2.24, 2.45) is 5.92 Å². The second-order valence-electron chi connectivity index (χ2n) is 7.47. The first-order chi connectivity index (χ1) is 11.5. The van der Waals surface area contributed by atoms with Crippen molar-refractivity contribution >= 4 is 18.4 Å². The van der Waals surface area contributed by atoms with E-state index in [2.05, 4.69) is 11.9 Å². The van der Waals surface area contributed by atoms with Gasteiger partial charge in [-0.1, -0.05) is 13.0 Å². The molecule has 0 atom stereocenters. The molecule has 2 aliphatic rings. The summed E-state index contributed by atoms with van der Waals surface area (Å²) in [5.41, 5.74) is -0.862. The fourth-order valence-electron chi connectivity index (χ4n) is 2.74. The first-order valence-corrected chi connectivity index (χ1v) is 8.12. The lowest BCUT2D eigenvalue weighted by atomic mass is 9.80. The van der Waals surface area contributed by atoms with Gasteiger partial charge in [0, 0.05) is 24.7 Å². The molecular formula is C17H27BN2O2. The van der Waals surface area contributed by atoms with E-state index in [1.807, 2.05) is 32.6 Å². The van der Waals surface area contributed by atoms with Gasteiger partial charge in [0.1, 0.15) is 5.82 Å². The molecule has 1 aromatic heterocycles. The molecule has 0 aliphatic carbocycles. The Morgan fingerprint density at radius 2 is 1.77 bits per heavy atom. The van der Waals surface area contributed by atoms with E-state index in [4.69, 9.17) is 13.4 Å². The third kappa shape index (κ3) is 2.89. The summed E-state index contributed by atoms with van der Waals surface area (Å²) in [6.07, 6.45) is 2.05. The van der Waals surface area contributed by atoms with Crippen LogP contribution in [0.1, 0.15) is 51.6 Å². The number of nitrogens with zero attached hydrogens (tertiary/aromatic N) is 2. The van der Waals surface area contributed by atoms with Crippen molar-refractivity contribution in [2.75, 3.05) is 18.0 Å². The summed E-state index contributed by atoms with van der Waals surface area (Å²) in [5.74, 6) is 1.10. The molecular weight excluding hydrogens is 275 g/mol. The molecule has 0 unspecified atom stereocenters. The third-order valence-electron chi connectivity index (χ3n) is 5.16. The van der Waals surface area contributed by atoms with Crippen LogP contribution in [0.25, 0.3) is 0 Å². The predicted octanol–water partition coefficient (Wildman–Crippen LogP) is 2.62. The number of hydrogen-bond donors (Lipinski definition) is 0. The van der Waals surface area contributed by atoms with Crippen LogP contribution < -0.4 is 10.4 Å². The molecule has 3 heterocycles. The second-order valence-corrected chi connectivity index (χ2v) is 7.47. The van der Waals surface area contributed by atoms with Gasteiger partial charge in [-0.15, -0.1) is 0 Å². The Bertz CT molecular complexity index is 660. The van der Waals surface area contributed by atoms with Crippen molar-refractivity contribution in [3.8, 4) is 0 Å². The first-order valence-electron chi connectivity index (χ1n) is 9.62. The Labute approximate surface area is 138 Å². The predicted molar refractivity (Wildman–Crippen MR) is 90.6 cm³/mol. The molecule has 0 amide bonds. The fraction of sp³-hybridized carbons (Fsp3) is 0.706. The van der Waals surface area contributed by atoms with Crippen LogP contribution in [-0.2, 0) is 9.31 Å². The lowest BCUT2D eigenvalue weighted by Crippen LogP contribution is -2.41. The zero-order valence-electron chi connectivity index (χ0n) is 17.2. The Hall–Kier alpha value is -1.07. The highest BCUT2D eigenvalue weighted by atomic mass is 16.7. The Balaban J connectivity index is 1.94. The van der Waals surface area contributed by atoms with E-state index < -0.39 is 18.3 Å². The largest absolute Gasteiger partial charge is 0.496 e. The van der Waals surface area contributed by atoms with E-state index in [1.165, 1.54) is 0 Å². The summed E-state index contributed by atoms with van der Waals surface area (Å²) in [4.78, 5) is 6.37. The van der Waals surface area contributed by atoms with Crippen LogP contribution in [0.15, 0.2) is 18.3 Å². The minimum absolute atomic E-state index is 0.0212. The molecule has 0 radical (unpaired) electrons. The van der Waals surface area contributed by atoms with Gasteiger partial charge in [-0.25, -0.2) is 4.98 Å². The maximum absolute atomic E-state index is 8.42. The molecule has 0 bridgehead atoms. The van der Waals surface area contributed by atoms with Crippen LogP contribution in [0.5, 0.6) is 0 Å². The molecule has 2 aliphatic heterocycles. The van der Waals surface area contributed by atoms with E-state index in [0.29, 0.717) is 11.7 Å². The topological polar surface area (TPSA) is 34.6 Å². The normalized spacial score (nSPS) is 26.7. The molecule has 120 valence electrons. The zero-order valence-corrected chi connectivity index (χ0v) is 14.2. The minimum atomic E-state index is -0.836. The summed E-state index contributed by atoms with van der Waals surface area (Å²) in [5, 5.41) is 0. The zero-order chi connectivity index (χ0) is 18.6. The average molecular weight is 305 g/mol. The van der Waals surface area contributed by atoms with Gasteiger partial charge >= 0.3 is 7.12 Å². The van der Waals surface area contributed by atoms with Crippen molar-refractivity contribution in [1.82, 2.24) is 4.98 Å². The van der Waals surface area contributed by atoms with Crippen molar-refractivity contribution < 1.29 is 13.4 Å². The Kier molecular flexibility index (Phi) is 3.11. The van der Waals surface area contributed by atoms with E-state index in [9.17, 15) is 0 Å². The van der Waals surface area contributed by atoms with Crippen molar-refractivity contribution in [3.63, 3.8) is 0 Å². The highest BCUT2D eigenvalue weighted by Crippen LogP contribution is 2.36. The van der Waals surface area contributed by atoms with Gasteiger partial charge < -0.3 is 14.2 Å². The van der Waals surface area contributed by atoms with Gasteiger partial charge in [-0.3, -0.25) is 0 Å². The van der Waals surface area contributed by atoms with Gasteiger partial charge in [0.2, 0.25) is 0 Å². The molecule has 2 saturated heterocycles. The Morgan fingerprint density at radius 3 is 2.36 bits per heavy atom. The maximum atomic E-state index is 8.42. The summed E-state index contributed by atoms with van der Waals surface area (Å²) >= 11 is 0. The van der Waals surface area contributed by atoms with E-state index in [1.54, 1.807) is 0 Å². The molecule has 2 fully saturated rings. The van der Waals surface area contributed by atoms with Crippen LogP contribution in [0.3, 0.4) is 0 Å². The number of rotatable bonds is 2. The van der Waals surface area contributed by atoms with Crippen LogP contribution >= 0.6 is 0 Å². The average Bonchev–Trinajstić information content (AvgIpc) is 2.72. The molecule has 22 heavy (non-hydrogen) atoms. The summed E-state index contributed by atoms with van der Waals surface area (Å²) in [7, 11) is -0.836. The number of hydrogen-bond acceptors (Lipinski definition) is 4. The molecule has 0 N–H and O–H groups in total. The lowest BCUT2D eigenvalue weighted by molar-refractivity contribution is 0.00578. The summed E-state index contributed by atoms with van der Waals surface area (Å²) in [6, 6.07) is 0.0300. The van der Waals surface area contributed by atoms with Crippen LogP contribution in [0.2, 0.25) is 0 Å². The molecule has 3 rings (SSSR count). The van der Waals surface area contributed by atoms with Crippen molar-refractivity contribution in [1.29, 1.82) is 0 Å². The number of aromatic nitrogens is 1. The van der Waals surface area contributed by atoms with Gasteiger partial charge in [-0.2, -0.15) is 0 Å². The number of piperidine rings is 1. The molecule has 0 saturated carbocycles. The highest BCUT2D eigenvalue weighted by Gasteiger charge is 2.51. The van der Waals surface area contributed by atoms with E-state index >= 15 is 0 Å². The van der Waals surface area contributed by atoms with Crippen LogP contribution in [0.4, 0.5) is 5.82 Å². The van der Waals surface area contributed by atoms with Crippen LogP contribution in [-0.4, -0.2) is 36.4 Å². The second kappa shape index (κ2) is 5.53. The standard InChI is InChI=1S/C17H27BN2O2/c1-13-8-10-20(11-9-13)15-7-6-14(12-19-15)18-21-16(2,3)17(4,5)22-18/h6-7,12-13H,8-11H2,1-5H3/i6D,7D,12D. The first kappa shape index (κ1) is 12.4. The summed E-state index contributed by atoms with van der Waals surface area (Å²) in [6.45, 7) is 11.6. The molecule has 4 nitrogen and oxygen atoms in total. The lowest BCUT2D eigenvalue weighted by Gasteiger charge is -2.32. The van der Waals surface area contributed by atoms with Gasteiger partial charge in [0.25, 0.3) is 0 Å². The minimum Gasteiger partial charge on any atom is -0.399 e. The quantitative estimate of drug-likeness (QED) is 0.787. The van der Waals surface area contributed by atoms with E-state index in [0.717, 1.165) is 25.9 Å². The number of anilines is 1. The van der Waals surface area contributed by atoms with Gasteiger partial charge in [0.05, 0.1) is 15.3 Å². The molecule has 0 spiro atoms. The monoisotopic (exact) mass is 305 g/mol. The molecule has 1 aromatic rings. The van der Waals surface area contributed by atoms with E-state index in [-0.39, 0.29) is 23.7 Å². The number of pyridine rings is 1. The third-order valence-corrected chi connectivity index (χ3v) is 5.16. The van der Waals surface area contributed by atoms with Gasteiger partial charge in [-0.05, 0) is 52.5 Å². The fourth-order valence-corrected chi connectivity index (χ4v) is 2.74. The molecule has 5 heteroatoms. The Morgan fingerprint density at radius 1 is 1.18 bits per heavy atom. The van der Waals surface area contributed by atoms with Gasteiger partial charge in [0.15, 0.2) is 0 Å². The smallest absolute Gasteiger partial charge is 0.399 e. The molecule has 0 aromatic carbocycles. The van der Waals surface area contributed by atoms with Crippen molar-refractivity contribution in [2.45, 2.75) is 58.7 Å². The summed E-state index contributed by atoms with van der Waals surface area (Å²) < 4.78 is 37.1. The maximum Gasteiger partial charge on any atom is 0.496 e. The highest BCUT2D eigenvalue weighted by molar-refractivity contribution is 6.62. The SMILES string of the molecule is [2H]c1nc(N2CCC(C)CC2)c([2H])c([2H])c1B1OC(C)(C)C(C)(C)O1. The van der Waals surface area contributed by atoms with Crippen molar-refractivity contribution in [3.05, 3.63) is 18.3 Å². The van der Waals surface area contributed by atoms with Crippen LogP contribution in [0, 0.1) is 5.92 Å².